The zero-order chi connectivity index (χ0) is 44.0. The lowest BCUT2D eigenvalue weighted by molar-refractivity contribution is -0.137. The van der Waals surface area contributed by atoms with Crippen molar-refractivity contribution in [1.29, 1.82) is 0 Å². The largest absolute Gasteiger partial charge is 0.393 e. The van der Waals surface area contributed by atoms with Crippen LogP contribution in [0.5, 0.6) is 0 Å². The number of nitrogens with zero attached hydrogens (tertiary/aromatic N) is 7. The highest BCUT2D eigenvalue weighted by Crippen LogP contribution is 2.37. The maximum absolute atomic E-state index is 13.1. The molecule has 5 heterocycles. The van der Waals surface area contributed by atoms with E-state index in [-0.39, 0.29) is 42.2 Å². The van der Waals surface area contributed by atoms with Crippen LogP contribution in [0, 0.1) is 0 Å². The topological polar surface area (TPSA) is 152 Å². The van der Waals surface area contributed by atoms with E-state index in [9.17, 15) is 32.7 Å². The fourth-order valence-corrected chi connectivity index (χ4v) is 10.0. The van der Waals surface area contributed by atoms with E-state index < -0.39 is 30.6 Å². The molecule has 63 heavy (non-hydrogen) atoms. The number of fused-ring (bicyclic) bond motifs is 2. The number of halogens is 3. The van der Waals surface area contributed by atoms with E-state index in [1.807, 2.05) is 18.2 Å². The Hall–Kier alpha value is -5.10. The van der Waals surface area contributed by atoms with Crippen LogP contribution in [0.3, 0.4) is 0 Å². The van der Waals surface area contributed by atoms with Crippen LogP contribution in [-0.4, -0.2) is 114 Å². The molecule has 0 spiro atoms. The fraction of sp³-hybridized carbons (Fsp3) is 0.543. The summed E-state index contributed by atoms with van der Waals surface area (Å²) in [6, 6.07) is 13.5. The van der Waals surface area contributed by atoms with Gasteiger partial charge < -0.3 is 19.7 Å². The summed E-state index contributed by atoms with van der Waals surface area (Å²) in [5.74, 6) is -0.578. The summed E-state index contributed by atoms with van der Waals surface area (Å²) in [7, 11) is 1.71. The minimum atomic E-state index is -4.29. The molecule has 336 valence electrons. The summed E-state index contributed by atoms with van der Waals surface area (Å²) in [5, 5.41) is 16.2. The molecular weight excluding hydrogens is 816 g/mol. The molecule has 14 nitrogen and oxygen atoms in total. The lowest BCUT2D eigenvalue weighted by atomic mass is 9.87. The van der Waals surface area contributed by atoms with Crippen molar-refractivity contribution in [2.45, 2.75) is 120 Å². The van der Waals surface area contributed by atoms with E-state index in [1.54, 1.807) is 17.8 Å². The predicted octanol–water partition coefficient (Wildman–Crippen LogP) is 5.87. The molecule has 5 aromatic rings. The maximum Gasteiger partial charge on any atom is 0.391 e. The molecule has 9 rings (SSSR count). The normalized spacial score (nSPS) is 24.4. The summed E-state index contributed by atoms with van der Waals surface area (Å²) in [6.07, 6.45) is 4.67. The third-order valence-corrected chi connectivity index (χ3v) is 13.6. The molecule has 17 heteroatoms. The van der Waals surface area contributed by atoms with E-state index in [2.05, 4.69) is 60.4 Å². The van der Waals surface area contributed by atoms with Crippen molar-refractivity contribution >= 4 is 39.8 Å². The van der Waals surface area contributed by atoms with Crippen molar-refractivity contribution in [2.75, 3.05) is 38.1 Å². The van der Waals surface area contributed by atoms with Crippen molar-refractivity contribution in [1.82, 2.24) is 38.8 Å². The zero-order valence-corrected chi connectivity index (χ0v) is 35.8. The third kappa shape index (κ3) is 9.42. The number of piperidine rings is 1. The molecule has 2 saturated carbocycles. The number of ether oxygens (including phenoxy) is 1. The first-order valence-electron chi connectivity index (χ1n) is 22.4. The Balaban J connectivity index is 0.753. The lowest BCUT2D eigenvalue weighted by Crippen LogP contribution is -2.55. The van der Waals surface area contributed by atoms with Crippen LogP contribution in [0.15, 0.2) is 59.7 Å². The molecule has 2 aliphatic carbocycles. The number of nitrogens with one attached hydrogen (secondary N) is 2. The van der Waals surface area contributed by atoms with Gasteiger partial charge >= 0.3 is 11.9 Å². The highest BCUT2D eigenvalue weighted by Gasteiger charge is 2.36. The average molecular weight is 872 g/mol. The van der Waals surface area contributed by atoms with Crippen molar-refractivity contribution in [3.8, 4) is 11.1 Å². The van der Waals surface area contributed by atoms with Gasteiger partial charge in [0.1, 0.15) is 11.7 Å². The maximum atomic E-state index is 13.1. The highest BCUT2D eigenvalue weighted by molar-refractivity contribution is 6.00. The third-order valence-electron chi connectivity index (χ3n) is 13.6. The highest BCUT2D eigenvalue weighted by atomic mass is 19.4. The molecule has 4 aliphatic rings. The molecule has 0 radical (unpaired) electrons. The monoisotopic (exact) mass is 871 g/mol. The summed E-state index contributed by atoms with van der Waals surface area (Å²) in [6.45, 7) is 6.91. The SMILES string of the molecule is C[C@H](CC(F)(F)F)Nc1ncc2c(-c3ccc(CN4CCN(C5CC(OCCc6ccc7c(c6)n(C)c(=O)n7C6CCC(=O)NC6=O)C5)CC4)cc3)cn(C3CCC(O)CC3)c2n1. The number of imide groups is 1. The molecule has 0 bridgehead atoms. The first kappa shape index (κ1) is 43.2. The second-order valence-corrected chi connectivity index (χ2v) is 18.1. The van der Waals surface area contributed by atoms with Gasteiger partial charge in [0.05, 0.1) is 36.3 Å². The number of aromatic nitrogens is 5. The Bertz CT molecular complexity index is 2510. The molecule has 2 saturated heterocycles. The molecule has 1 unspecified atom stereocenters. The van der Waals surface area contributed by atoms with Crippen LogP contribution in [0.25, 0.3) is 33.2 Å². The fourth-order valence-electron chi connectivity index (χ4n) is 10.0. The van der Waals surface area contributed by atoms with E-state index in [1.165, 1.54) is 17.1 Å². The van der Waals surface area contributed by atoms with Gasteiger partial charge in [-0.05, 0) is 87.1 Å². The van der Waals surface area contributed by atoms with Gasteiger partial charge in [0.2, 0.25) is 17.8 Å². The lowest BCUT2D eigenvalue weighted by Gasteiger charge is -2.46. The van der Waals surface area contributed by atoms with Crippen molar-refractivity contribution in [3.63, 3.8) is 0 Å². The number of rotatable bonds is 13. The number of piperazine rings is 1. The van der Waals surface area contributed by atoms with Gasteiger partial charge in [0.25, 0.3) is 0 Å². The van der Waals surface area contributed by atoms with Gasteiger partial charge in [0, 0.05) is 87.7 Å². The van der Waals surface area contributed by atoms with Crippen LogP contribution in [0.2, 0.25) is 0 Å². The van der Waals surface area contributed by atoms with Gasteiger partial charge in [-0.3, -0.25) is 33.8 Å². The smallest absolute Gasteiger partial charge is 0.391 e. The number of carbonyl (C=O) groups excluding carboxylic acids is 2. The molecule has 2 aromatic carbocycles. The minimum absolute atomic E-state index is 0.124. The summed E-state index contributed by atoms with van der Waals surface area (Å²) < 4.78 is 50.6. The minimum Gasteiger partial charge on any atom is -0.393 e. The number of amides is 2. The second kappa shape index (κ2) is 17.8. The van der Waals surface area contributed by atoms with E-state index in [0.717, 1.165) is 86.0 Å². The summed E-state index contributed by atoms with van der Waals surface area (Å²) >= 11 is 0. The molecule has 2 aliphatic heterocycles. The Morgan fingerprint density at radius 2 is 1.67 bits per heavy atom. The van der Waals surface area contributed by atoms with Crippen LogP contribution in [0.4, 0.5) is 19.1 Å². The second-order valence-electron chi connectivity index (χ2n) is 18.1. The number of aliphatic hydroxyl groups is 1. The summed E-state index contributed by atoms with van der Waals surface area (Å²) in [5.41, 5.74) is 6.13. The van der Waals surface area contributed by atoms with Gasteiger partial charge in [-0.2, -0.15) is 18.2 Å². The number of aliphatic hydroxyl groups excluding tert-OH is 1. The number of hydrogen-bond acceptors (Lipinski definition) is 10. The number of aryl methyl sites for hydroxylation is 1. The van der Waals surface area contributed by atoms with Gasteiger partial charge in [-0.15, -0.1) is 0 Å². The summed E-state index contributed by atoms with van der Waals surface area (Å²) in [4.78, 5) is 51.6. The first-order chi connectivity index (χ1) is 30.3. The number of hydrogen-bond donors (Lipinski definition) is 3. The van der Waals surface area contributed by atoms with Crippen LogP contribution >= 0.6 is 0 Å². The average Bonchev–Trinajstić information content (AvgIpc) is 3.72. The molecule has 2 amide bonds. The van der Waals surface area contributed by atoms with E-state index in [0.29, 0.717) is 49.5 Å². The van der Waals surface area contributed by atoms with Crippen molar-refractivity contribution in [2.24, 2.45) is 7.05 Å². The van der Waals surface area contributed by atoms with Crippen LogP contribution in [-0.2, 0) is 34.3 Å². The van der Waals surface area contributed by atoms with Crippen LogP contribution < -0.4 is 16.3 Å². The predicted molar refractivity (Wildman–Crippen MR) is 232 cm³/mol. The molecular formula is C46H56F3N9O5. The molecule has 2 atom stereocenters. The Labute approximate surface area is 363 Å². The standard InChI is InChI=1S/C46H56F3N9O5/c1-28(24-46(47,48)49)51-44-50-25-36-37(27-57(42(36)53-44)32-8-10-34(59)11-9-32)31-6-3-30(4-7-31)26-55-16-18-56(19-17-55)33-22-35(23-33)63-20-15-29-5-12-38-40(21-29)54(2)45(62)58(38)39-13-14-41(60)52-43(39)61/h3-7,12,21,25,27-28,32-35,39,59H,8-11,13-20,22-24,26H2,1-2H3,(H,50,51,53)(H,52,60,61)/t28-,32?,33?,34?,35?,39?/m1/s1. The molecule has 4 fully saturated rings. The number of benzene rings is 2. The van der Waals surface area contributed by atoms with Crippen molar-refractivity contribution in [3.05, 3.63) is 76.5 Å². The van der Waals surface area contributed by atoms with E-state index in [4.69, 9.17) is 9.72 Å². The number of imidazole rings is 1. The van der Waals surface area contributed by atoms with E-state index >= 15 is 0 Å². The number of anilines is 1. The first-order valence-corrected chi connectivity index (χ1v) is 22.4. The Kier molecular flexibility index (Phi) is 12.2. The van der Waals surface area contributed by atoms with Crippen molar-refractivity contribution < 1.29 is 32.6 Å². The zero-order valence-electron chi connectivity index (χ0n) is 35.8. The Morgan fingerprint density at radius 1 is 0.937 bits per heavy atom. The van der Waals surface area contributed by atoms with Gasteiger partial charge in [0.15, 0.2) is 0 Å². The number of carbonyl (C=O) groups is 2. The van der Waals surface area contributed by atoms with Gasteiger partial charge in [-0.25, -0.2) is 9.78 Å². The molecule has 3 aromatic heterocycles. The Morgan fingerprint density at radius 3 is 2.38 bits per heavy atom. The quantitative estimate of drug-likeness (QED) is 0.123. The van der Waals surface area contributed by atoms with Crippen LogP contribution in [0.1, 0.15) is 87.9 Å². The number of alkyl halides is 3. The van der Waals surface area contributed by atoms with Gasteiger partial charge in [-0.1, -0.05) is 30.3 Å². The molecule has 3 N–H and O–H groups in total.